The Hall–Kier alpha value is -3.93. The molecular weight excluding hydrogens is 486 g/mol. The molecule has 6 heteroatoms. The molecule has 2 N–H and O–H groups in total. The van der Waals surface area contributed by atoms with Crippen molar-refractivity contribution >= 4 is 17.7 Å². The van der Waals surface area contributed by atoms with E-state index in [1.165, 1.54) is 0 Å². The summed E-state index contributed by atoms with van der Waals surface area (Å²) in [6.07, 6.45) is 5.07. The highest BCUT2D eigenvalue weighted by atomic mass is 16.2. The Balaban J connectivity index is 1.18. The minimum Gasteiger partial charge on any atom is -0.351 e. The SMILES string of the molecule is O=C(N[C@@H]1CCCCC1NC(=O)C1CCN(C(=O)C(c2ccccc2)c2ccccc2)CC1)c1ccccc1. The average molecular weight is 524 g/mol. The van der Waals surface area contributed by atoms with Gasteiger partial charge in [0.25, 0.3) is 5.91 Å². The van der Waals surface area contributed by atoms with Gasteiger partial charge in [0.15, 0.2) is 0 Å². The highest BCUT2D eigenvalue weighted by molar-refractivity contribution is 5.94. The number of benzene rings is 3. The molecular formula is C33H37N3O3. The van der Waals surface area contributed by atoms with E-state index in [1.54, 1.807) is 12.1 Å². The predicted molar refractivity (Wildman–Crippen MR) is 152 cm³/mol. The number of nitrogens with one attached hydrogen (secondary N) is 2. The average Bonchev–Trinajstić information content (AvgIpc) is 3.00. The van der Waals surface area contributed by atoms with Crippen LogP contribution < -0.4 is 10.6 Å². The first-order valence-corrected chi connectivity index (χ1v) is 14.1. The van der Waals surface area contributed by atoms with Crippen LogP contribution in [0.2, 0.25) is 0 Å². The molecule has 3 aromatic rings. The Morgan fingerprint density at radius 3 is 1.67 bits per heavy atom. The number of amides is 3. The Bertz CT molecular complexity index is 1200. The highest BCUT2D eigenvalue weighted by Gasteiger charge is 2.34. The fourth-order valence-corrected chi connectivity index (χ4v) is 5.93. The Labute approximate surface area is 230 Å². The first kappa shape index (κ1) is 26.7. The van der Waals surface area contributed by atoms with Crippen LogP contribution in [0.15, 0.2) is 91.0 Å². The molecule has 3 aromatic carbocycles. The molecule has 3 amide bonds. The van der Waals surface area contributed by atoms with Crippen LogP contribution in [0.25, 0.3) is 0 Å². The quantitative estimate of drug-likeness (QED) is 0.462. The standard InChI is InChI=1S/C33H37N3O3/c37-31(26-16-8-3-9-17-26)34-28-18-10-11-19-29(28)35-32(38)27-20-22-36(23-21-27)33(39)30(24-12-4-1-5-13-24)25-14-6-2-7-15-25/h1-9,12-17,27-30H,10-11,18-23H2,(H,34,37)(H,35,38)/t28-,29?/m1/s1. The van der Waals surface area contributed by atoms with Crippen LogP contribution >= 0.6 is 0 Å². The molecule has 5 rings (SSSR count). The Kier molecular flexibility index (Phi) is 8.71. The molecule has 1 aliphatic heterocycles. The fourth-order valence-electron chi connectivity index (χ4n) is 5.93. The molecule has 202 valence electrons. The van der Waals surface area contributed by atoms with Gasteiger partial charge in [-0.2, -0.15) is 0 Å². The van der Waals surface area contributed by atoms with Gasteiger partial charge in [0.05, 0.1) is 5.92 Å². The molecule has 2 aliphatic rings. The van der Waals surface area contributed by atoms with E-state index >= 15 is 0 Å². The highest BCUT2D eigenvalue weighted by Crippen LogP contribution is 2.29. The van der Waals surface area contributed by atoms with Crippen molar-refractivity contribution in [2.45, 2.75) is 56.5 Å². The second-order valence-electron chi connectivity index (χ2n) is 10.7. The van der Waals surface area contributed by atoms with Crippen molar-refractivity contribution in [2.24, 2.45) is 5.92 Å². The molecule has 0 spiro atoms. The number of carbonyl (C=O) groups excluding carboxylic acids is 3. The monoisotopic (exact) mass is 523 g/mol. The van der Waals surface area contributed by atoms with Crippen molar-refractivity contribution < 1.29 is 14.4 Å². The summed E-state index contributed by atoms with van der Waals surface area (Å²) in [7, 11) is 0. The first-order chi connectivity index (χ1) is 19.1. The lowest BCUT2D eigenvalue weighted by atomic mass is 9.87. The smallest absolute Gasteiger partial charge is 0.251 e. The lowest BCUT2D eigenvalue weighted by Gasteiger charge is -2.36. The first-order valence-electron chi connectivity index (χ1n) is 14.1. The largest absolute Gasteiger partial charge is 0.351 e. The van der Waals surface area contributed by atoms with Gasteiger partial charge in [0.2, 0.25) is 11.8 Å². The van der Waals surface area contributed by atoms with E-state index < -0.39 is 0 Å². The predicted octanol–water partition coefficient (Wildman–Crippen LogP) is 4.91. The van der Waals surface area contributed by atoms with Crippen LogP contribution in [0, 0.1) is 5.92 Å². The molecule has 1 heterocycles. The molecule has 2 fully saturated rings. The second-order valence-corrected chi connectivity index (χ2v) is 10.7. The van der Waals surface area contributed by atoms with Crippen molar-refractivity contribution in [1.29, 1.82) is 0 Å². The van der Waals surface area contributed by atoms with Crippen LogP contribution in [-0.2, 0) is 9.59 Å². The summed E-state index contributed by atoms with van der Waals surface area (Å²) in [6, 6.07) is 28.9. The van der Waals surface area contributed by atoms with Gasteiger partial charge < -0.3 is 15.5 Å². The zero-order valence-corrected chi connectivity index (χ0v) is 22.3. The second kappa shape index (κ2) is 12.7. The van der Waals surface area contributed by atoms with Crippen molar-refractivity contribution in [2.75, 3.05) is 13.1 Å². The minimum absolute atomic E-state index is 0.0376. The summed E-state index contributed by atoms with van der Waals surface area (Å²) >= 11 is 0. The lowest BCUT2D eigenvalue weighted by Crippen LogP contribution is -2.55. The normalized spacial score (nSPS) is 19.9. The topological polar surface area (TPSA) is 78.5 Å². The third kappa shape index (κ3) is 6.56. The molecule has 1 unspecified atom stereocenters. The van der Waals surface area contributed by atoms with E-state index in [-0.39, 0.29) is 41.6 Å². The summed E-state index contributed by atoms with van der Waals surface area (Å²) in [5.41, 5.74) is 2.60. The molecule has 0 radical (unpaired) electrons. The number of piperidine rings is 1. The maximum Gasteiger partial charge on any atom is 0.251 e. The number of nitrogens with zero attached hydrogens (tertiary/aromatic N) is 1. The van der Waals surface area contributed by atoms with Crippen LogP contribution in [-0.4, -0.2) is 47.8 Å². The summed E-state index contributed by atoms with van der Waals surface area (Å²) in [5.74, 6) is -0.458. The summed E-state index contributed by atoms with van der Waals surface area (Å²) < 4.78 is 0. The van der Waals surface area contributed by atoms with Crippen molar-refractivity contribution in [1.82, 2.24) is 15.5 Å². The molecule has 6 nitrogen and oxygen atoms in total. The number of hydrogen-bond acceptors (Lipinski definition) is 3. The van der Waals surface area contributed by atoms with E-state index in [0.717, 1.165) is 36.8 Å². The van der Waals surface area contributed by atoms with Crippen LogP contribution in [0.3, 0.4) is 0 Å². The van der Waals surface area contributed by atoms with E-state index in [1.807, 2.05) is 83.8 Å². The van der Waals surface area contributed by atoms with E-state index in [0.29, 0.717) is 31.5 Å². The van der Waals surface area contributed by atoms with Gasteiger partial charge in [-0.25, -0.2) is 0 Å². The number of carbonyl (C=O) groups is 3. The van der Waals surface area contributed by atoms with Gasteiger partial charge in [0.1, 0.15) is 0 Å². The summed E-state index contributed by atoms with van der Waals surface area (Å²) in [6.45, 7) is 1.12. The number of likely N-dealkylation sites (tertiary alicyclic amines) is 1. The van der Waals surface area contributed by atoms with Crippen LogP contribution in [0.4, 0.5) is 0 Å². The van der Waals surface area contributed by atoms with Gasteiger partial charge in [-0.1, -0.05) is 91.7 Å². The van der Waals surface area contributed by atoms with Gasteiger partial charge in [-0.15, -0.1) is 0 Å². The van der Waals surface area contributed by atoms with E-state index in [2.05, 4.69) is 10.6 Å². The zero-order valence-electron chi connectivity index (χ0n) is 22.3. The summed E-state index contributed by atoms with van der Waals surface area (Å²) in [5, 5.41) is 6.41. The molecule has 2 atom stereocenters. The van der Waals surface area contributed by atoms with Gasteiger partial charge >= 0.3 is 0 Å². The van der Waals surface area contributed by atoms with E-state index in [4.69, 9.17) is 0 Å². The zero-order chi connectivity index (χ0) is 27.0. The van der Waals surface area contributed by atoms with Crippen molar-refractivity contribution in [3.8, 4) is 0 Å². The Morgan fingerprint density at radius 2 is 1.13 bits per heavy atom. The molecule has 1 saturated heterocycles. The molecule has 0 aromatic heterocycles. The maximum absolute atomic E-state index is 13.7. The minimum atomic E-state index is -0.353. The molecule has 1 aliphatic carbocycles. The van der Waals surface area contributed by atoms with Gasteiger partial charge in [0, 0.05) is 36.7 Å². The number of rotatable bonds is 7. The fraction of sp³-hybridized carbons (Fsp3) is 0.364. The van der Waals surface area contributed by atoms with Gasteiger partial charge in [-0.05, 0) is 48.9 Å². The van der Waals surface area contributed by atoms with Gasteiger partial charge in [-0.3, -0.25) is 14.4 Å². The summed E-state index contributed by atoms with van der Waals surface area (Å²) in [4.78, 5) is 41.7. The van der Waals surface area contributed by atoms with E-state index in [9.17, 15) is 14.4 Å². The lowest BCUT2D eigenvalue weighted by molar-refractivity contribution is -0.136. The van der Waals surface area contributed by atoms with Crippen molar-refractivity contribution in [3.05, 3.63) is 108 Å². The number of hydrogen-bond donors (Lipinski definition) is 2. The Morgan fingerprint density at radius 1 is 0.641 bits per heavy atom. The van der Waals surface area contributed by atoms with Crippen LogP contribution in [0.5, 0.6) is 0 Å². The third-order valence-electron chi connectivity index (χ3n) is 8.14. The molecule has 39 heavy (non-hydrogen) atoms. The third-order valence-corrected chi connectivity index (χ3v) is 8.14. The molecule has 1 saturated carbocycles. The maximum atomic E-state index is 13.7. The van der Waals surface area contributed by atoms with Crippen molar-refractivity contribution in [3.63, 3.8) is 0 Å². The van der Waals surface area contributed by atoms with Crippen LogP contribution in [0.1, 0.15) is 65.9 Å². The molecule has 0 bridgehead atoms.